The third kappa shape index (κ3) is 9.52. The molecule has 3 heterocycles. The fraction of sp³-hybridized carbons (Fsp3) is 0.429. The van der Waals surface area contributed by atoms with E-state index >= 15 is 0 Å². The zero-order valence-electron chi connectivity index (χ0n) is 29.6. The number of hydrogen-bond donors (Lipinski definition) is 1. The summed E-state index contributed by atoms with van der Waals surface area (Å²) in [5.74, 6) is -0.859. The molecule has 0 bridgehead atoms. The first kappa shape index (κ1) is 36.8. The summed E-state index contributed by atoms with van der Waals surface area (Å²) >= 11 is 0. The minimum Gasteiger partial charge on any atom is -0.374 e. The lowest BCUT2D eigenvalue weighted by Crippen LogP contribution is -2.62. The molecule has 9 atom stereocenters. The van der Waals surface area contributed by atoms with Gasteiger partial charge >= 0.3 is 0 Å². The Labute approximate surface area is 305 Å². The minimum atomic E-state index is -1.14. The first-order valence-corrected chi connectivity index (χ1v) is 18.0. The molecule has 4 aromatic carbocycles. The molecule has 52 heavy (non-hydrogen) atoms. The second kappa shape index (κ2) is 17.5. The predicted molar refractivity (Wildman–Crippen MR) is 190 cm³/mol. The highest BCUT2D eigenvalue weighted by Gasteiger charge is 2.56. The van der Waals surface area contributed by atoms with Gasteiger partial charge < -0.3 is 47.7 Å². The molecule has 1 unspecified atom stereocenters. The fourth-order valence-electron chi connectivity index (χ4n) is 6.86. The number of rotatable bonds is 16. The smallest absolute Gasteiger partial charge is 0.187 e. The molecule has 3 aliphatic rings. The third-order valence-electron chi connectivity index (χ3n) is 9.39. The van der Waals surface area contributed by atoms with Gasteiger partial charge in [0.05, 0.1) is 39.6 Å². The monoisotopic (exact) mass is 712 g/mol. The zero-order valence-corrected chi connectivity index (χ0v) is 29.6. The van der Waals surface area contributed by atoms with Gasteiger partial charge in [0.25, 0.3) is 0 Å². The third-order valence-corrected chi connectivity index (χ3v) is 9.39. The Hall–Kier alpha value is -3.52. The Morgan fingerprint density at radius 2 is 0.962 bits per heavy atom. The summed E-state index contributed by atoms with van der Waals surface area (Å²) in [6.07, 6.45) is -6.37. The Morgan fingerprint density at radius 1 is 0.500 bits per heavy atom. The first-order chi connectivity index (χ1) is 25.4. The summed E-state index contributed by atoms with van der Waals surface area (Å²) in [6, 6.07) is 40.0. The lowest BCUT2D eigenvalue weighted by atomic mass is 9.97. The second-order valence-electron chi connectivity index (χ2n) is 13.8. The molecule has 276 valence electrons. The Kier molecular flexibility index (Phi) is 12.4. The van der Waals surface area contributed by atoms with Gasteiger partial charge in [-0.3, -0.25) is 0 Å². The molecule has 3 saturated heterocycles. The van der Waals surface area contributed by atoms with Gasteiger partial charge in [-0.15, -0.1) is 0 Å². The van der Waals surface area contributed by atoms with E-state index in [2.05, 4.69) is 0 Å². The van der Waals surface area contributed by atoms with E-state index in [4.69, 9.17) is 42.6 Å². The van der Waals surface area contributed by atoms with Crippen molar-refractivity contribution in [3.8, 4) is 0 Å². The van der Waals surface area contributed by atoms with Crippen molar-refractivity contribution in [3.05, 3.63) is 144 Å². The van der Waals surface area contributed by atoms with Crippen molar-refractivity contribution >= 4 is 0 Å². The van der Waals surface area contributed by atoms with Crippen molar-refractivity contribution in [2.45, 2.75) is 101 Å². The van der Waals surface area contributed by atoms with E-state index in [-0.39, 0.29) is 19.8 Å². The van der Waals surface area contributed by atoms with Crippen LogP contribution in [0.25, 0.3) is 0 Å². The van der Waals surface area contributed by atoms with Gasteiger partial charge in [-0.2, -0.15) is 0 Å². The Balaban J connectivity index is 1.17. The molecule has 0 amide bonds. The highest BCUT2D eigenvalue weighted by atomic mass is 16.8. The molecule has 7 rings (SSSR count). The molecule has 10 heteroatoms. The van der Waals surface area contributed by atoms with Gasteiger partial charge in [-0.1, -0.05) is 121 Å². The van der Waals surface area contributed by atoms with Crippen LogP contribution in [0.1, 0.15) is 36.1 Å². The van der Waals surface area contributed by atoms with E-state index in [1.807, 2.05) is 135 Å². The molecular weight excluding hydrogens is 664 g/mol. The van der Waals surface area contributed by atoms with Crippen LogP contribution in [0.5, 0.6) is 0 Å². The molecule has 1 N–H and O–H groups in total. The summed E-state index contributed by atoms with van der Waals surface area (Å²) in [7, 11) is 0. The van der Waals surface area contributed by atoms with Gasteiger partial charge in [0.2, 0.25) is 0 Å². The highest BCUT2D eigenvalue weighted by Crippen LogP contribution is 2.39. The maximum atomic E-state index is 10.7. The van der Waals surface area contributed by atoms with Crippen LogP contribution < -0.4 is 0 Å². The molecule has 0 aromatic heterocycles. The van der Waals surface area contributed by atoms with Crippen LogP contribution in [-0.2, 0) is 69.1 Å². The molecule has 0 aliphatic carbocycles. The molecule has 10 nitrogen and oxygen atoms in total. The van der Waals surface area contributed by atoms with Crippen LogP contribution in [0.15, 0.2) is 121 Å². The quantitative estimate of drug-likeness (QED) is 0.150. The number of aliphatic hydroxyl groups excluding tert-OH is 1. The van der Waals surface area contributed by atoms with Crippen molar-refractivity contribution in [3.63, 3.8) is 0 Å². The van der Waals surface area contributed by atoms with Crippen LogP contribution >= 0.6 is 0 Å². The van der Waals surface area contributed by atoms with Crippen LogP contribution in [0.3, 0.4) is 0 Å². The van der Waals surface area contributed by atoms with Gasteiger partial charge in [0.1, 0.15) is 42.7 Å². The molecule has 3 fully saturated rings. The number of benzene rings is 4. The van der Waals surface area contributed by atoms with Gasteiger partial charge in [-0.05, 0) is 36.1 Å². The van der Waals surface area contributed by atoms with Crippen molar-refractivity contribution in [1.29, 1.82) is 0 Å². The van der Waals surface area contributed by atoms with Crippen molar-refractivity contribution in [1.82, 2.24) is 0 Å². The highest BCUT2D eigenvalue weighted by molar-refractivity contribution is 5.16. The predicted octanol–water partition coefficient (Wildman–Crippen LogP) is 5.94. The molecule has 0 radical (unpaired) electrons. The van der Waals surface area contributed by atoms with E-state index in [1.54, 1.807) is 0 Å². The number of fused-ring (bicyclic) bond motifs is 1. The number of hydrogen-bond acceptors (Lipinski definition) is 10. The molecule has 0 saturated carbocycles. The van der Waals surface area contributed by atoms with E-state index < -0.39 is 61.1 Å². The SMILES string of the molecule is CC1(C)O[C@@H]2[C@H](O1)C(O)O[C@@H]2CO[C@H]1O[C@H](COCc2ccccc2)[C@H](OCc2ccccc2)[C@H](OCc2ccccc2)[C@H]1OCc1ccccc1. The summed E-state index contributed by atoms with van der Waals surface area (Å²) in [5.41, 5.74) is 4.05. The summed E-state index contributed by atoms with van der Waals surface area (Å²) in [5, 5.41) is 10.7. The van der Waals surface area contributed by atoms with Crippen molar-refractivity contribution < 1.29 is 47.7 Å². The fourth-order valence-corrected chi connectivity index (χ4v) is 6.86. The summed E-state index contributed by atoms with van der Waals surface area (Å²) in [6.45, 7) is 5.21. The van der Waals surface area contributed by atoms with E-state index in [1.165, 1.54) is 0 Å². The zero-order chi connectivity index (χ0) is 35.8. The Morgan fingerprint density at radius 3 is 1.50 bits per heavy atom. The average molecular weight is 713 g/mol. The summed E-state index contributed by atoms with van der Waals surface area (Å²) < 4.78 is 57.8. The van der Waals surface area contributed by atoms with Crippen LogP contribution in [0.2, 0.25) is 0 Å². The van der Waals surface area contributed by atoms with E-state index in [0.29, 0.717) is 19.8 Å². The summed E-state index contributed by atoms with van der Waals surface area (Å²) in [4.78, 5) is 0. The van der Waals surface area contributed by atoms with Gasteiger partial charge in [0.15, 0.2) is 18.4 Å². The Bertz CT molecular complexity index is 1630. The molecule has 0 spiro atoms. The number of ether oxygens (including phenoxy) is 9. The normalized spacial score (nSPS) is 29.6. The van der Waals surface area contributed by atoms with Crippen LogP contribution in [0, 0.1) is 0 Å². The minimum absolute atomic E-state index is 0.0477. The maximum absolute atomic E-state index is 10.7. The van der Waals surface area contributed by atoms with Crippen LogP contribution in [-0.4, -0.2) is 79.4 Å². The largest absolute Gasteiger partial charge is 0.374 e. The number of aliphatic hydroxyl groups is 1. The topological polar surface area (TPSA) is 103 Å². The van der Waals surface area contributed by atoms with Crippen LogP contribution in [0.4, 0.5) is 0 Å². The van der Waals surface area contributed by atoms with E-state index in [0.717, 1.165) is 22.3 Å². The molecule has 3 aliphatic heterocycles. The van der Waals surface area contributed by atoms with E-state index in [9.17, 15) is 5.11 Å². The maximum Gasteiger partial charge on any atom is 0.187 e. The van der Waals surface area contributed by atoms with Crippen molar-refractivity contribution in [2.75, 3.05) is 13.2 Å². The average Bonchev–Trinajstić information content (AvgIpc) is 3.65. The molecule has 4 aromatic rings. The standard InChI is InChI=1S/C42H48O10/c1-42(2)51-36-34(49-40(43)38(36)52-42)28-48-41-39(47-26-32-21-13-6-14-22-32)37(46-25-31-19-11-5-12-20-31)35(45-24-30-17-9-4-10-18-30)33(50-41)27-44-23-29-15-7-3-8-16-29/h3-22,33-41,43H,23-28H2,1-2H3/t33-,34-,35+,36+,37+,38+,39-,40?,41+/m1/s1. The lowest BCUT2D eigenvalue weighted by molar-refractivity contribution is -0.333. The van der Waals surface area contributed by atoms with Gasteiger partial charge in [0, 0.05) is 0 Å². The molecular formula is C42H48O10. The first-order valence-electron chi connectivity index (χ1n) is 18.0. The van der Waals surface area contributed by atoms with Crippen molar-refractivity contribution in [2.24, 2.45) is 0 Å². The lowest BCUT2D eigenvalue weighted by Gasteiger charge is -2.46. The second-order valence-corrected chi connectivity index (χ2v) is 13.8. The van der Waals surface area contributed by atoms with Gasteiger partial charge in [-0.25, -0.2) is 0 Å².